The number of carbonyl (C=O) groups is 1. The molecule has 1 fully saturated rings. The highest BCUT2D eigenvalue weighted by Gasteiger charge is 2.57. The Labute approximate surface area is 139 Å². The highest BCUT2D eigenvalue weighted by Crippen LogP contribution is 2.62. The molecule has 1 saturated carbocycles. The monoisotopic (exact) mass is 318 g/mol. The maximum atomic E-state index is 12.9. The maximum Gasteiger partial charge on any atom is 0.159 e. The number of aliphatic hydroxyl groups excluding tert-OH is 2. The minimum atomic E-state index is -0.570. The van der Waals surface area contributed by atoms with Crippen LogP contribution in [-0.4, -0.2) is 28.7 Å². The molecule has 0 amide bonds. The van der Waals surface area contributed by atoms with Gasteiger partial charge in [0.2, 0.25) is 0 Å². The molecule has 3 nitrogen and oxygen atoms in total. The van der Waals surface area contributed by atoms with Crippen molar-refractivity contribution in [2.45, 2.75) is 65.4 Å². The summed E-state index contributed by atoms with van der Waals surface area (Å²) in [5.74, 6) is 0.304. The third kappa shape index (κ3) is 2.35. The summed E-state index contributed by atoms with van der Waals surface area (Å²) < 4.78 is 0. The van der Waals surface area contributed by atoms with Crippen molar-refractivity contribution < 1.29 is 15.0 Å². The number of rotatable bonds is 2. The number of fused-ring (bicyclic) bond motifs is 2. The molecule has 3 aliphatic rings. The first-order valence-electron chi connectivity index (χ1n) is 8.88. The van der Waals surface area contributed by atoms with E-state index in [-0.39, 0.29) is 34.6 Å². The lowest BCUT2D eigenvalue weighted by atomic mass is 9.47. The molecular weight excluding hydrogens is 288 g/mol. The fraction of sp³-hybridized carbons (Fsp3) is 0.750. The maximum absolute atomic E-state index is 12.9. The number of hydrogen-bond acceptors (Lipinski definition) is 3. The van der Waals surface area contributed by atoms with Crippen LogP contribution in [0.15, 0.2) is 23.8 Å². The van der Waals surface area contributed by atoms with E-state index in [0.29, 0.717) is 19.3 Å². The van der Waals surface area contributed by atoms with Crippen LogP contribution in [0.1, 0.15) is 59.3 Å². The summed E-state index contributed by atoms with van der Waals surface area (Å²) >= 11 is 0. The van der Waals surface area contributed by atoms with Crippen LogP contribution in [0.5, 0.6) is 0 Å². The van der Waals surface area contributed by atoms with E-state index in [0.717, 1.165) is 30.4 Å². The van der Waals surface area contributed by atoms with Crippen LogP contribution in [0, 0.1) is 22.2 Å². The molecule has 0 saturated heterocycles. The number of hydrogen-bond donors (Lipinski definition) is 2. The van der Waals surface area contributed by atoms with Gasteiger partial charge >= 0.3 is 0 Å². The second-order valence-corrected chi connectivity index (χ2v) is 8.91. The lowest BCUT2D eigenvalue weighted by Gasteiger charge is -2.57. The fourth-order valence-electron chi connectivity index (χ4n) is 5.71. The van der Waals surface area contributed by atoms with Gasteiger partial charge in [-0.05, 0) is 59.0 Å². The van der Waals surface area contributed by atoms with Crippen molar-refractivity contribution in [2.75, 3.05) is 6.61 Å². The molecule has 0 spiro atoms. The van der Waals surface area contributed by atoms with E-state index in [1.807, 2.05) is 6.08 Å². The number of allylic oxidation sites excluding steroid dienone is 2. The van der Waals surface area contributed by atoms with Crippen molar-refractivity contribution in [1.29, 1.82) is 0 Å². The van der Waals surface area contributed by atoms with Crippen LogP contribution in [0.2, 0.25) is 0 Å². The first-order chi connectivity index (χ1) is 10.7. The lowest BCUT2D eigenvalue weighted by molar-refractivity contribution is -0.126. The van der Waals surface area contributed by atoms with Crippen LogP contribution in [-0.2, 0) is 4.79 Å². The predicted octanol–water partition coefficient (Wildman–Crippen LogP) is 3.41. The second kappa shape index (κ2) is 5.29. The van der Waals surface area contributed by atoms with E-state index in [4.69, 9.17) is 0 Å². The van der Waals surface area contributed by atoms with Gasteiger partial charge in [0.1, 0.15) is 0 Å². The van der Waals surface area contributed by atoms with Crippen LogP contribution < -0.4 is 0 Å². The van der Waals surface area contributed by atoms with Gasteiger partial charge in [-0.3, -0.25) is 4.79 Å². The number of carbonyl (C=O) groups excluding carboxylic acids is 1. The molecule has 2 N–H and O–H groups in total. The fourth-order valence-corrected chi connectivity index (χ4v) is 5.71. The molecule has 3 rings (SSSR count). The van der Waals surface area contributed by atoms with Gasteiger partial charge in [0.25, 0.3) is 0 Å². The van der Waals surface area contributed by atoms with Crippen LogP contribution in [0.25, 0.3) is 0 Å². The van der Waals surface area contributed by atoms with E-state index in [9.17, 15) is 15.0 Å². The molecule has 0 radical (unpaired) electrons. The quantitative estimate of drug-likeness (QED) is 0.767. The smallest absolute Gasteiger partial charge is 0.159 e. The van der Waals surface area contributed by atoms with Crippen molar-refractivity contribution in [1.82, 2.24) is 0 Å². The largest absolute Gasteiger partial charge is 0.396 e. The number of Topliss-reactive ketones (excluding diaryl/α,β-unsaturated/α-hetero) is 1. The zero-order valence-electron chi connectivity index (χ0n) is 14.7. The third-order valence-electron chi connectivity index (χ3n) is 7.15. The molecule has 3 heteroatoms. The van der Waals surface area contributed by atoms with Crippen molar-refractivity contribution in [2.24, 2.45) is 22.2 Å². The van der Waals surface area contributed by atoms with Gasteiger partial charge in [0.05, 0.1) is 6.10 Å². The highest BCUT2D eigenvalue weighted by atomic mass is 16.3. The van der Waals surface area contributed by atoms with E-state index in [1.165, 1.54) is 0 Å². The third-order valence-corrected chi connectivity index (χ3v) is 7.15. The Morgan fingerprint density at radius 2 is 2.00 bits per heavy atom. The Hall–Kier alpha value is -0.930. The number of ketones is 1. The molecule has 23 heavy (non-hydrogen) atoms. The molecular formula is C20H30O3. The first-order valence-corrected chi connectivity index (χ1v) is 8.88. The summed E-state index contributed by atoms with van der Waals surface area (Å²) in [4.78, 5) is 12.9. The van der Waals surface area contributed by atoms with Gasteiger partial charge in [-0.15, -0.1) is 6.58 Å². The summed E-state index contributed by atoms with van der Waals surface area (Å²) in [6.07, 6.45) is 6.16. The summed E-state index contributed by atoms with van der Waals surface area (Å²) in [6, 6.07) is 0. The molecule has 128 valence electrons. The molecule has 0 aromatic heterocycles. The van der Waals surface area contributed by atoms with E-state index in [2.05, 4.69) is 27.4 Å². The van der Waals surface area contributed by atoms with Crippen molar-refractivity contribution >= 4 is 5.78 Å². The minimum absolute atomic E-state index is 0.115. The van der Waals surface area contributed by atoms with E-state index < -0.39 is 6.10 Å². The average Bonchev–Trinajstić information content (AvgIpc) is 2.49. The van der Waals surface area contributed by atoms with Gasteiger partial charge in [-0.1, -0.05) is 33.3 Å². The molecule has 0 aromatic carbocycles. The minimum Gasteiger partial charge on any atom is -0.396 e. The average molecular weight is 318 g/mol. The zero-order chi connectivity index (χ0) is 17.0. The summed E-state index contributed by atoms with van der Waals surface area (Å²) in [5.41, 5.74) is 1.25. The molecule has 0 bridgehead atoms. The summed E-state index contributed by atoms with van der Waals surface area (Å²) in [7, 11) is 0. The van der Waals surface area contributed by atoms with Gasteiger partial charge < -0.3 is 10.2 Å². The first kappa shape index (κ1) is 16.9. The van der Waals surface area contributed by atoms with Crippen LogP contribution in [0.4, 0.5) is 0 Å². The SMILES string of the molecule is C=C[C@@]1(C)CC2=C([C@H](O)C1)[C@]1(C)CCC[C@](C)(CO)[C@@H]1CC2=O. The molecule has 5 atom stereocenters. The van der Waals surface area contributed by atoms with Crippen LogP contribution in [0.3, 0.4) is 0 Å². The molecule has 3 aliphatic carbocycles. The normalized spacial score (nSPS) is 47.1. The Kier molecular flexibility index (Phi) is 3.89. The lowest BCUT2D eigenvalue weighted by Crippen LogP contribution is -2.54. The van der Waals surface area contributed by atoms with Gasteiger partial charge in [0.15, 0.2) is 5.78 Å². The Balaban J connectivity index is 2.12. The second-order valence-electron chi connectivity index (χ2n) is 8.91. The predicted molar refractivity (Wildman–Crippen MR) is 90.8 cm³/mol. The standard InChI is InChI=1S/C20H30O3/c1-5-18(2)10-13-14(22)9-16-19(3,12-21)7-6-8-20(16,4)17(13)15(23)11-18/h5,15-16,21,23H,1,6-12H2,2-4H3/t15-,16+,18+,19-,20-/m1/s1. The molecule has 0 aliphatic heterocycles. The van der Waals surface area contributed by atoms with E-state index in [1.54, 1.807) is 0 Å². The summed E-state index contributed by atoms with van der Waals surface area (Å²) in [6.45, 7) is 10.4. The summed E-state index contributed by atoms with van der Waals surface area (Å²) in [5, 5.41) is 20.9. The molecule has 0 heterocycles. The number of aliphatic hydroxyl groups is 2. The van der Waals surface area contributed by atoms with E-state index >= 15 is 0 Å². The van der Waals surface area contributed by atoms with Crippen molar-refractivity contribution in [3.05, 3.63) is 23.8 Å². The van der Waals surface area contributed by atoms with Crippen LogP contribution >= 0.6 is 0 Å². The Bertz CT molecular complexity index is 577. The Morgan fingerprint density at radius 3 is 2.61 bits per heavy atom. The van der Waals surface area contributed by atoms with Crippen molar-refractivity contribution in [3.8, 4) is 0 Å². The van der Waals surface area contributed by atoms with Crippen molar-refractivity contribution in [3.63, 3.8) is 0 Å². The topological polar surface area (TPSA) is 57.5 Å². The van der Waals surface area contributed by atoms with Gasteiger partial charge in [-0.25, -0.2) is 0 Å². The molecule has 0 aromatic rings. The molecule has 0 unspecified atom stereocenters. The van der Waals surface area contributed by atoms with Gasteiger partial charge in [-0.2, -0.15) is 0 Å². The Morgan fingerprint density at radius 1 is 1.30 bits per heavy atom. The van der Waals surface area contributed by atoms with Gasteiger partial charge in [0, 0.05) is 13.0 Å². The zero-order valence-corrected chi connectivity index (χ0v) is 14.7. The highest BCUT2D eigenvalue weighted by molar-refractivity contribution is 5.98.